The van der Waals surface area contributed by atoms with Crippen LogP contribution in [0.1, 0.15) is 62.1 Å². The Balaban J connectivity index is 1.54. The van der Waals surface area contributed by atoms with Crippen LogP contribution in [0.15, 0.2) is 48.5 Å². The molecule has 0 radical (unpaired) electrons. The number of halogens is 1. The molecule has 36 heavy (non-hydrogen) atoms. The Morgan fingerprint density at radius 3 is 2.42 bits per heavy atom. The Bertz CT molecular complexity index is 1080. The molecule has 0 aromatic heterocycles. The fourth-order valence-electron chi connectivity index (χ4n) is 6.47. The van der Waals surface area contributed by atoms with Gasteiger partial charge in [0.2, 0.25) is 5.91 Å². The zero-order chi connectivity index (χ0) is 25.2. The predicted molar refractivity (Wildman–Crippen MR) is 139 cm³/mol. The van der Waals surface area contributed by atoms with Crippen molar-refractivity contribution < 1.29 is 19.4 Å². The Morgan fingerprint density at radius 1 is 1.06 bits per heavy atom. The number of amides is 1. The van der Waals surface area contributed by atoms with Gasteiger partial charge in [-0.25, -0.2) is 4.79 Å². The van der Waals surface area contributed by atoms with E-state index in [9.17, 15) is 14.7 Å². The van der Waals surface area contributed by atoms with E-state index in [4.69, 9.17) is 16.3 Å². The number of nitrogens with one attached hydrogen (secondary N) is 1. The van der Waals surface area contributed by atoms with E-state index in [0.717, 1.165) is 61.8 Å². The summed E-state index contributed by atoms with van der Waals surface area (Å²) < 4.78 is 5.55. The van der Waals surface area contributed by atoms with Crippen LogP contribution in [0, 0.1) is 17.8 Å². The van der Waals surface area contributed by atoms with Gasteiger partial charge in [0.25, 0.3) is 0 Å². The summed E-state index contributed by atoms with van der Waals surface area (Å²) in [4.78, 5) is 28.6. The number of benzene rings is 2. The van der Waals surface area contributed by atoms with E-state index in [1.54, 1.807) is 18.1 Å². The highest BCUT2D eigenvalue weighted by Crippen LogP contribution is 2.52. The Morgan fingerprint density at radius 2 is 1.78 bits per heavy atom. The second kappa shape index (κ2) is 10.8. The van der Waals surface area contributed by atoms with Crippen molar-refractivity contribution in [2.45, 2.75) is 69.6 Å². The van der Waals surface area contributed by atoms with Gasteiger partial charge in [-0.15, -0.1) is 0 Å². The molecule has 3 aliphatic rings. The third kappa shape index (κ3) is 4.98. The van der Waals surface area contributed by atoms with Gasteiger partial charge in [0.05, 0.1) is 13.2 Å². The van der Waals surface area contributed by atoms with Crippen molar-refractivity contribution in [1.82, 2.24) is 10.2 Å². The average molecular weight is 511 g/mol. The van der Waals surface area contributed by atoms with Crippen LogP contribution in [0.5, 0.6) is 5.75 Å². The minimum absolute atomic E-state index is 0.00578. The molecule has 2 aliphatic carbocycles. The van der Waals surface area contributed by atoms with Crippen LogP contribution < -0.4 is 10.1 Å². The first-order valence-electron chi connectivity index (χ1n) is 13.2. The van der Waals surface area contributed by atoms with Gasteiger partial charge in [0.1, 0.15) is 11.8 Å². The maximum atomic E-state index is 14.0. The quantitative estimate of drug-likeness (QED) is 0.493. The Hall–Kier alpha value is -2.57. The normalized spacial score (nSPS) is 26.7. The molecule has 1 aliphatic heterocycles. The number of hydrogen-bond acceptors (Lipinski definition) is 4. The largest absolute Gasteiger partial charge is 0.496 e. The lowest BCUT2D eigenvalue weighted by atomic mass is 9.86. The highest BCUT2D eigenvalue weighted by molar-refractivity contribution is 6.30. The van der Waals surface area contributed by atoms with Gasteiger partial charge in [0, 0.05) is 35.0 Å². The van der Waals surface area contributed by atoms with Gasteiger partial charge in [-0.3, -0.25) is 4.79 Å². The second-order valence-electron chi connectivity index (χ2n) is 10.5. The average Bonchev–Trinajstić information content (AvgIpc) is 3.68. The molecule has 4 atom stereocenters. The van der Waals surface area contributed by atoms with Gasteiger partial charge in [-0.05, 0) is 55.4 Å². The van der Waals surface area contributed by atoms with Gasteiger partial charge >= 0.3 is 5.97 Å². The summed E-state index contributed by atoms with van der Waals surface area (Å²) in [5.41, 5.74) is 1.89. The van der Waals surface area contributed by atoms with Crippen molar-refractivity contribution >= 4 is 23.5 Å². The fourth-order valence-corrected chi connectivity index (χ4v) is 6.66. The highest BCUT2D eigenvalue weighted by atomic mass is 35.5. The molecule has 192 valence electrons. The lowest BCUT2D eigenvalue weighted by Gasteiger charge is -2.35. The number of rotatable bonds is 8. The van der Waals surface area contributed by atoms with Crippen LogP contribution in [0.4, 0.5) is 0 Å². The van der Waals surface area contributed by atoms with E-state index < -0.39 is 12.0 Å². The first kappa shape index (κ1) is 25.1. The molecular formula is C29H35ClN2O4. The van der Waals surface area contributed by atoms with E-state index in [0.29, 0.717) is 17.5 Å². The van der Waals surface area contributed by atoms with Gasteiger partial charge in [0.15, 0.2) is 0 Å². The summed E-state index contributed by atoms with van der Waals surface area (Å²) in [6.45, 7) is 0.471. The maximum absolute atomic E-state index is 14.0. The van der Waals surface area contributed by atoms with Crippen molar-refractivity contribution in [2.75, 3.05) is 7.11 Å². The maximum Gasteiger partial charge on any atom is 0.326 e. The molecule has 1 amide bonds. The fraction of sp³-hybridized carbons (Fsp3) is 0.517. The lowest BCUT2D eigenvalue weighted by Crippen LogP contribution is -2.47. The summed E-state index contributed by atoms with van der Waals surface area (Å²) in [7, 11) is 1.63. The van der Waals surface area contributed by atoms with E-state index in [1.807, 2.05) is 42.5 Å². The number of ether oxygens (including phenoxy) is 1. The number of nitrogens with zero attached hydrogens (tertiary/aromatic N) is 1. The molecule has 0 spiro atoms. The summed E-state index contributed by atoms with van der Waals surface area (Å²) in [5, 5.41) is 14.8. The van der Waals surface area contributed by atoms with E-state index in [1.165, 1.54) is 0 Å². The molecule has 2 N–H and O–H groups in total. The molecule has 7 heteroatoms. The number of aliphatic carboxylic acids is 1. The SMILES string of the molecule is COc1ccc(Cl)cc1CN[C@@H]1[C@@H](C2CC2)[C@H](C(=O)O)N(C(=O)C2CCCCC2)[C@@H]1c1ccccc1. The van der Waals surface area contributed by atoms with Crippen LogP contribution in [-0.2, 0) is 16.1 Å². The summed E-state index contributed by atoms with van der Waals surface area (Å²) in [6.07, 6.45) is 6.88. The topological polar surface area (TPSA) is 78.9 Å². The number of likely N-dealkylation sites (tertiary alicyclic amines) is 1. The Kier molecular flexibility index (Phi) is 7.54. The third-order valence-corrected chi connectivity index (χ3v) is 8.49. The van der Waals surface area contributed by atoms with Crippen molar-refractivity contribution in [3.8, 4) is 5.75 Å². The smallest absolute Gasteiger partial charge is 0.326 e. The molecule has 1 saturated heterocycles. The van der Waals surface area contributed by atoms with Crippen LogP contribution in [0.3, 0.4) is 0 Å². The third-order valence-electron chi connectivity index (χ3n) is 8.26. The molecule has 0 unspecified atom stereocenters. The van der Waals surface area contributed by atoms with Crippen LogP contribution in [0.2, 0.25) is 5.02 Å². The molecule has 2 saturated carbocycles. The van der Waals surface area contributed by atoms with Gasteiger partial charge < -0.3 is 20.1 Å². The molecule has 2 aromatic carbocycles. The summed E-state index contributed by atoms with van der Waals surface area (Å²) in [6, 6.07) is 14.1. The lowest BCUT2D eigenvalue weighted by molar-refractivity contribution is -0.153. The summed E-state index contributed by atoms with van der Waals surface area (Å²) in [5.74, 6) is -0.133. The number of carbonyl (C=O) groups excluding carboxylic acids is 1. The number of hydrogen-bond donors (Lipinski definition) is 2. The minimum Gasteiger partial charge on any atom is -0.496 e. The number of carboxylic acids is 1. The zero-order valence-corrected chi connectivity index (χ0v) is 21.5. The molecule has 3 fully saturated rings. The van der Waals surface area contributed by atoms with E-state index in [2.05, 4.69) is 5.32 Å². The van der Waals surface area contributed by atoms with E-state index in [-0.39, 0.29) is 29.8 Å². The number of carbonyl (C=O) groups is 2. The minimum atomic E-state index is -0.901. The molecule has 5 rings (SSSR count). The molecule has 1 heterocycles. The van der Waals surface area contributed by atoms with Gasteiger partial charge in [-0.1, -0.05) is 61.2 Å². The summed E-state index contributed by atoms with van der Waals surface area (Å²) >= 11 is 6.28. The molecule has 0 bridgehead atoms. The molecular weight excluding hydrogens is 476 g/mol. The van der Waals surface area contributed by atoms with Crippen molar-refractivity contribution in [1.29, 1.82) is 0 Å². The Labute approximate surface area is 218 Å². The van der Waals surface area contributed by atoms with Crippen molar-refractivity contribution in [2.24, 2.45) is 17.8 Å². The number of methoxy groups -OCH3 is 1. The van der Waals surface area contributed by atoms with Crippen molar-refractivity contribution in [3.63, 3.8) is 0 Å². The molecule has 2 aromatic rings. The second-order valence-corrected chi connectivity index (χ2v) is 10.9. The van der Waals surface area contributed by atoms with Crippen LogP contribution in [0.25, 0.3) is 0 Å². The first-order chi connectivity index (χ1) is 17.5. The monoisotopic (exact) mass is 510 g/mol. The van der Waals surface area contributed by atoms with Gasteiger partial charge in [-0.2, -0.15) is 0 Å². The van der Waals surface area contributed by atoms with Crippen LogP contribution >= 0.6 is 11.6 Å². The van der Waals surface area contributed by atoms with Crippen molar-refractivity contribution in [3.05, 3.63) is 64.7 Å². The highest BCUT2D eigenvalue weighted by Gasteiger charge is 2.59. The zero-order valence-electron chi connectivity index (χ0n) is 20.7. The van der Waals surface area contributed by atoms with E-state index >= 15 is 0 Å². The molecule has 6 nitrogen and oxygen atoms in total. The first-order valence-corrected chi connectivity index (χ1v) is 13.5. The number of carboxylic acid groups (broad SMARTS) is 1. The van der Waals surface area contributed by atoms with Crippen LogP contribution in [-0.4, -0.2) is 41.1 Å². The standard InChI is InChI=1S/C29H35ClN2O4/c1-36-23-15-14-22(30)16-21(23)17-31-25-24(18-12-13-18)27(29(34)35)32(26(25)19-8-4-2-5-9-19)28(33)20-10-6-3-7-11-20/h2,4-5,8-9,14-16,18,20,24-27,31H,3,6-7,10-13,17H2,1H3,(H,34,35)/t24-,25-,26-,27-/m1/s1. The predicted octanol–water partition coefficient (Wildman–Crippen LogP) is 5.45.